The van der Waals surface area contributed by atoms with Crippen molar-refractivity contribution in [1.29, 1.82) is 0 Å². The Morgan fingerprint density at radius 1 is 1.06 bits per heavy atom. The van der Waals surface area contributed by atoms with Gasteiger partial charge in [-0.3, -0.25) is 14.5 Å². The van der Waals surface area contributed by atoms with E-state index in [0.717, 1.165) is 27.2 Å². The molecule has 0 aromatic heterocycles. The highest BCUT2D eigenvalue weighted by molar-refractivity contribution is 7.80. The Morgan fingerprint density at radius 2 is 1.67 bits per heavy atom. The minimum Gasteiger partial charge on any atom is -0.444 e. The van der Waals surface area contributed by atoms with E-state index in [-0.39, 0.29) is 5.75 Å². The van der Waals surface area contributed by atoms with Crippen LogP contribution in [0.1, 0.15) is 54.6 Å². The van der Waals surface area contributed by atoms with Crippen LogP contribution < -0.4 is 10.6 Å². The topological polar surface area (TPSA) is 87.7 Å². The molecule has 0 aliphatic rings. The number of nitrogens with zero attached hydrogens (tertiary/aromatic N) is 1. The third-order valence-electron chi connectivity index (χ3n) is 5.51. The van der Waals surface area contributed by atoms with Gasteiger partial charge in [0.05, 0.1) is 0 Å². The molecule has 0 bridgehead atoms. The number of alkyl carbamates (subject to hydrolysis) is 1. The summed E-state index contributed by atoms with van der Waals surface area (Å²) in [4.78, 5) is 40.7. The molecule has 36 heavy (non-hydrogen) atoms. The smallest absolute Gasteiger partial charge is 0.408 e. The minimum absolute atomic E-state index is 0.0473. The van der Waals surface area contributed by atoms with E-state index in [1.165, 1.54) is 0 Å². The summed E-state index contributed by atoms with van der Waals surface area (Å²) in [5.41, 5.74) is 3.93. The van der Waals surface area contributed by atoms with Crippen molar-refractivity contribution in [3.63, 3.8) is 0 Å². The van der Waals surface area contributed by atoms with Crippen LogP contribution >= 0.6 is 12.6 Å². The fourth-order valence-corrected chi connectivity index (χ4v) is 3.97. The highest BCUT2D eigenvalue weighted by atomic mass is 32.1. The number of aryl methyl sites for hydroxylation is 4. The zero-order chi connectivity index (χ0) is 27.2. The molecular weight excluding hydrogens is 474 g/mol. The van der Waals surface area contributed by atoms with Gasteiger partial charge in [-0.2, -0.15) is 12.6 Å². The highest BCUT2D eigenvalue weighted by Gasteiger charge is 2.36. The van der Waals surface area contributed by atoms with Gasteiger partial charge >= 0.3 is 6.09 Å². The molecular formula is C28H35N3O4S. The Kier molecular flexibility index (Phi) is 9.60. The van der Waals surface area contributed by atoms with E-state index < -0.39 is 35.6 Å². The summed E-state index contributed by atoms with van der Waals surface area (Å²) in [7, 11) is 0. The van der Waals surface area contributed by atoms with Crippen molar-refractivity contribution >= 4 is 36.2 Å². The maximum Gasteiger partial charge on any atom is 0.408 e. The molecule has 2 unspecified atom stereocenters. The molecule has 8 heteroatoms. The third kappa shape index (κ3) is 7.28. The normalized spacial score (nSPS) is 12.6. The van der Waals surface area contributed by atoms with Crippen molar-refractivity contribution in [3.8, 4) is 12.5 Å². The maximum atomic E-state index is 13.8. The second-order valence-corrected chi connectivity index (χ2v) is 10.1. The summed E-state index contributed by atoms with van der Waals surface area (Å²) in [5.74, 6) is -1.17. The Labute approximate surface area is 219 Å². The lowest BCUT2D eigenvalue weighted by atomic mass is 9.96. The first kappa shape index (κ1) is 28.8. The number of terminal acetylenes is 1. The third-order valence-corrected chi connectivity index (χ3v) is 5.88. The predicted octanol–water partition coefficient (Wildman–Crippen LogP) is 4.84. The average Bonchev–Trinajstić information content (AvgIpc) is 2.78. The van der Waals surface area contributed by atoms with Crippen LogP contribution in [0, 0.1) is 40.2 Å². The molecule has 2 rings (SSSR count). The first-order valence-electron chi connectivity index (χ1n) is 11.6. The van der Waals surface area contributed by atoms with E-state index in [1.54, 1.807) is 20.8 Å². The molecule has 0 aliphatic heterocycles. The zero-order valence-electron chi connectivity index (χ0n) is 21.9. The molecule has 0 saturated carbocycles. The van der Waals surface area contributed by atoms with Crippen molar-refractivity contribution in [2.45, 2.75) is 66.2 Å². The summed E-state index contributed by atoms with van der Waals surface area (Å²) >= 11 is 4.24. The van der Waals surface area contributed by atoms with Gasteiger partial charge in [0.15, 0.2) is 0 Å². The van der Waals surface area contributed by atoms with Crippen molar-refractivity contribution < 1.29 is 19.1 Å². The molecule has 192 valence electrons. The van der Waals surface area contributed by atoms with Crippen LogP contribution in [0.3, 0.4) is 0 Å². The molecule has 0 fully saturated rings. The maximum absolute atomic E-state index is 13.8. The Hall–Kier alpha value is -3.44. The fourth-order valence-electron chi connectivity index (χ4n) is 3.72. The number of carbonyl (C=O) groups is 3. The van der Waals surface area contributed by atoms with Crippen molar-refractivity contribution in [1.82, 2.24) is 10.2 Å². The van der Waals surface area contributed by atoms with E-state index >= 15 is 0 Å². The second kappa shape index (κ2) is 12.0. The molecule has 0 spiro atoms. The summed E-state index contributed by atoms with van der Waals surface area (Å²) in [5, 5.41) is 5.48. The van der Waals surface area contributed by atoms with Crippen LogP contribution in [0.4, 0.5) is 10.5 Å². The standard InChI is InChI=1S/C28H35N3O4S/c1-9-31(26(33)22(16-36)29-27(34)35-28(6,7)8)24(21-15-17(2)13-14-18(21)3)25(32)30-23-19(4)11-10-12-20(23)5/h1,10-15,22,24,36H,16H2,2-8H3,(H,29,34)(H,30,32). The van der Waals surface area contributed by atoms with E-state index in [1.807, 2.05) is 64.1 Å². The van der Waals surface area contributed by atoms with Gasteiger partial charge in [-0.15, -0.1) is 0 Å². The molecule has 2 N–H and O–H groups in total. The lowest BCUT2D eigenvalue weighted by Crippen LogP contribution is -2.51. The number of nitrogens with one attached hydrogen (secondary N) is 2. The van der Waals surface area contributed by atoms with Crippen molar-refractivity contribution in [3.05, 3.63) is 64.2 Å². The van der Waals surface area contributed by atoms with Gasteiger partial charge < -0.3 is 15.4 Å². The number of amides is 3. The van der Waals surface area contributed by atoms with E-state index in [0.29, 0.717) is 11.3 Å². The largest absolute Gasteiger partial charge is 0.444 e. The zero-order valence-corrected chi connectivity index (χ0v) is 22.8. The average molecular weight is 510 g/mol. The number of para-hydroxylation sites is 1. The van der Waals surface area contributed by atoms with Gasteiger partial charge in [0.2, 0.25) is 0 Å². The van der Waals surface area contributed by atoms with E-state index in [4.69, 9.17) is 11.2 Å². The van der Waals surface area contributed by atoms with Gasteiger partial charge in [0.1, 0.15) is 17.7 Å². The summed E-state index contributed by atoms with van der Waals surface area (Å²) < 4.78 is 5.28. The molecule has 0 heterocycles. The monoisotopic (exact) mass is 509 g/mol. The van der Waals surface area contributed by atoms with E-state index in [2.05, 4.69) is 29.3 Å². The Morgan fingerprint density at radius 3 is 2.19 bits per heavy atom. The van der Waals surface area contributed by atoms with Crippen molar-refractivity contribution in [2.24, 2.45) is 0 Å². The molecule has 0 aliphatic carbocycles. The molecule has 2 aromatic carbocycles. The number of hydrogen-bond acceptors (Lipinski definition) is 5. The fraction of sp³-hybridized carbons (Fsp3) is 0.393. The lowest BCUT2D eigenvalue weighted by molar-refractivity contribution is -0.136. The van der Waals surface area contributed by atoms with Crippen LogP contribution in [0.25, 0.3) is 0 Å². The van der Waals surface area contributed by atoms with Crippen LogP contribution in [0.2, 0.25) is 0 Å². The minimum atomic E-state index is -1.15. The number of thiol groups is 1. The molecule has 0 radical (unpaired) electrons. The quantitative estimate of drug-likeness (QED) is 0.283. The van der Waals surface area contributed by atoms with Crippen LogP contribution in [0.5, 0.6) is 0 Å². The predicted molar refractivity (Wildman–Crippen MR) is 146 cm³/mol. The number of hydrogen-bond donors (Lipinski definition) is 3. The molecule has 3 amide bonds. The SMILES string of the molecule is C#CN(C(=O)C(CS)NC(=O)OC(C)(C)C)C(C(=O)Nc1c(C)cccc1C)c1cc(C)ccc1C. The summed E-state index contributed by atoms with van der Waals surface area (Å²) in [6.07, 6.45) is 5.04. The van der Waals surface area contributed by atoms with Gasteiger partial charge in [-0.1, -0.05) is 48.4 Å². The van der Waals surface area contributed by atoms with Crippen molar-refractivity contribution in [2.75, 3.05) is 11.1 Å². The first-order chi connectivity index (χ1) is 16.8. The molecule has 2 aromatic rings. The lowest BCUT2D eigenvalue weighted by Gasteiger charge is -2.31. The Balaban J connectivity index is 2.51. The Bertz CT molecular complexity index is 1160. The highest BCUT2D eigenvalue weighted by Crippen LogP contribution is 2.29. The van der Waals surface area contributed by atoms with Gasteiger partial charge in [-0.05, 0) is 70.7 Å². The second-order valence-electron chi connectivity index (χ2n) is 9.74. The number of rotatable bonds is 7. The van der Waals surface area contributed by atoms with Gasteiger partial charge in [0, 0.05) is 17.5 Å². The van der Waals surface area contributed by atoms with Gasteiger partial charge in [0.25, 0.3) is 11.8 Å². The summed E-state index contributed by atoms with van der Waals surface area (Å²) in [6, 6.07) is 11.4. The van der Waals surface area contributed by atoms with Crippen LogP contribution in [-0.4, -0.2) is 40.2 Å². The number of benzene rings is 2. The molecule has 7 nitrogen and oxygen atoms in total. The number of ether oxygens (including phenoxy) is 1. The molecule has 2 atom stereocenters. The van der Waals surface area contributed by atoms with Gasteiger partial charge in [-0.25, -0.2) is 4.79 Å². The molecule has 0 saturated heterocycles. The summed E-state index contributed by atoms with van der Waals surface area (Å²) in [6.45, 7) is 12.7. The number of anilines is 1. The van der Waals surface area contributed by atoms with Crippen LogP contribution in [-0.2, 0) is 14.3 Å². The number of carbonyl (C=O) groups excluding carboxylic acids is 3. The van der Waals surface area contributed by atoms with E-state index in [9.17, 15) is 14.4 Å². The van der Waals surface area contributed by atoms with Crippen LogP contribution in [0.15, 0.2) is 36.4 Å². The first-order valence-corrected chi connectivity index (χ1v) is 12.3.